The molecule has 1 aromatic rings. The number of rotatable bonds is 5. The van der Waals surface area contributed by atoms with Crippen molar-refractivity contribution in [2.45, 2.75) is 24.1 Å². The van der Waals surface area contributed by atoms with E-state index >= 15 is 0 Å². The zero-order valence-electron chi connectivity index (χ0n) is 8.21. The number of thiol groups is 1. The van der Waals surface area contributed by atoms with E-state index in [-0.39, 0.29) is 5.25 Å². The molecule has 15 heavy (non-hydrogen) atoms. The van der Waals surface area contributed by atoms with Crippen LogP contribution in [0.5, 0.6) is 0 Å². The number of carboxylic acid groups (broad SMARTS) is 1. The topological polar surface area (TPSA) is 76.2 Å². The largest absolute Gasteiger partial charge is 0.480 e. The van der Waals surface area contributed by atoms with Gasteiger partial charge in [0.25, 0.3) is 0 Å². The molecule has 1 aromatic heterocycles. The van der Waals surface area contributed by atoms with E-state index in [1.54, 1.807) is 12.4 Å². The van der Waals surface area contributed by atoms with E-state index in [1.165, 1.54) is 0 Å². The molecular formula is C10H14N2O2S. The van der Waals surface area contributed by atoms with Crippen molar-refractivity contribution < 1.29 is 9.90 Å². The molecule has 0 radical (unpaired) electrons. The summed E-state index contributed by atoms with van der Waals surface area (Å²) < 4.78 is 0. The molecule has 4 nitrogen and oxygen atoms in total. The maximum Gasteiger partial charge on any atom is 0.321 e. The number of pyridine rings is 1. The number of hydrogen-bond donors (Lipinski definition) is 3. The Labute approximate surface area is 93.9 Å². The summed E-state index contributed by atoms with van der Waals surface area (Å²) >= 11 is 4.17. The van der Waals surface area contributed by atoms with Gasteiger partial charge in [-0.3, -0.25) is 9.78 Å². The van der Waals surface area contributed by atoms with Crippen molar-refractivity contribution in [2.75, 3.05) is 0 Å². The van der Waals surface area contributed by atoms with Gasteiger partial charge in [0.2, 0.25) is 0 Å². The summed E-state index contributed by atoms with van der Waals surface area (Å²) in [7, 11) is 0. The fourth-order valence-electron chi connectivity index (χ4n) is 1.21. The van der Waals surface area contributed by atoms with Crippen LogP contribution < -0.4 is 5.73 Å². The van der Waals surface area contributed by atoms with Crippen molar-refractivity contribution >= 4 is 18.6 Å². The zero-order chi connectivity index (χ0) is 11.3. The molecule has 0 aliphatic heterocycles. The van der Waals surface area contributed by atoms with Crippen molar-refractivity contribution in [1.82, 2.24) is 4.98 Å². The predicted molar refractivity (Wildman–Crippen MR) is 60.9 cm³/mol. The van der Waals surface area contributed by atoms with Crippen LogP contribution in [0.4, 0.5) is 0 Å². The van der Waals surface area contributed by atoms with Crippen LogP contribution >= 0.6 is 12.6 Å². The van der Waals surface area contributed by atoms with Crippen LogP contribution in [-0.2, 0) is 11.2 Å². The van der Waals surface area contributed by atoms with Crippen LogP contribution in [0.2, 0.25) is 0 Å². The molecule has 0 aliphatic carbocycles. The highest BCUT2D eigenvalue weighted by molar-refractivity contribution is 7.81. The lowest BCUT2D eigenvalue weighted by molar-refractivity contribution is -0.138. The smallest absolute Gasteiger partial charge is 0.321 e. The van der Waals surface area contributed by atoms with Gasteiger partial charge in [0.15, 0.2) is 0 Å². The fourth-order valence-corrected chi connectivity index (χ4v) is 1.46. The number of nitrogens with zero attached hydrogens (tertiary/aromatic N) is 1. The van der Waals surface area contributed by atoms with Crippen LogP contribution in [0, 0.1) is 0 Å². The van der Waals surface area contributed by atoms with Crippen LogP contribution in [-0.4, -0.2) is 27.4 Å². The molecule has 0 spiro atoms. The van der Waals surface area contributed by atoms with Crippen molar-refractivity contribution in [3.8, 4) is 0 Å². The quantitative estimate of drug-likeness (QED) is 0.647. The average Bonchev–Trinajstić information content (AvgIpc) is 2.26. The maximum absolute atomic E-state index is 10.6. The minimum Gasteiger partial charge on any atom is -0.480 e. The maximum atomic E-state index is 10.6. The first-order chi connectivity index (χ1) is 7.11. The minimum atomic E-state index is -1.01. The monoisotopic (exact) mass is 226 g/mol. The number of aryl methyl sites for hydroxylation is 1. The van der Waals surface area contributed by atoms with Gasteiger partial charge >= 0.3 is 5.97 Å². The third kappa shape index (κ3) is 3.89. The first-order valence-corrected chi connectivity index (χ1v) is 5.18. The summed E-state index contributed by atoms with van der Waals surface area (Å²) in [5.41, 5.74) is 6.55. The van der Waals surface area contributed by atoms with E-state index in [9.17, 15) is 4.79 Å². The first kappa shape index (κ1) is 12.0. The third-order valence-corrected chi connectivity index (χ3v) is 2.76. The molecular weight excluding hydrogens is 212 g/mol. The van der Waals surface area contributed by atoms with Gasteiger partial charge in [0.05, 0.1) is 0 Å². The van der Waals surface area contributed by atoms with E-state index in [0.29, 0.717) is 6.42 Å². The molecule has 0 aliphatic rings. The molecule has 0 saturated heterocycles. The normalized spacial score (nSPS) is 14.5. The average molecular weight is 226 g/mol. The van der Waals surface area contributed by atoms with E-state index in [4.69, 9.17) is 10.8 Å². The molecule has 1 rings (SSSR count). The SMILES string of the molecule is N[C@H](C(=O)O)C(S)CCc1ccncc1. The molecule has 2 atom stereocenters. The number of carbonyl (C=O) groups is 1. The molecule has 3 N–H and O–H groups in total. The van der Waals surface area contributed by atoms with Crippen molar-refractivity contribution in [3.63, 3.8) is 0 Å². The van der Waals surface area contributed by atoms with Gasteiger partial charge in [0.1, 0.15) is 6.04 Å². The van der Waals surface area contributed by atoms with E-state index in [2.05, 4.69) is 17.6 Å². The lowest BCUT2D eigenvalue weighted by Gasteiger charge is -2.14. The lowest BCUT2D eigenvalue weighted by atomic mass is 10.1. The van der Waals surface area contributed by atoms with Crippen molar-refractivity contribution in [2.24, 2.45) is 5.73 Å². The van der Waals surface area contributed by atoms with Gasteiger partial charge < -0.3 is 10.8 Å². The highest BCUT2D eigenvalue weighted by Crippen LogP contribution is 2.10. The standard InChI is InChI=1S/C10H14N2O2S/c11-9(10(13)14)8(15)2-1-7-3-5-12-6-4-7/h3-6,8-9,15H,1-2,11H2,(H,13,14)/t8?,9-/m0/s1. The second-order valence-electron chi connectivity index (χ2n) is 3.33. The molecule has 0 fully saturated rings. The van der Waals surface area contributed by atoms with Crippen molar-refractivity contribution in [1.29, 1.82) is 0 Å². The first-order valence-electron chi connectivity index (χ1n) is 4.66. The molecule has 1 unspecified atom stereocenters. The molecule has 0 bridgehead atoms. The Kier molecular flexibility index (Phi) is 4.58. The van der Waals surface area contributed by atoms with Gasteiger partial charge in [-0.15, -0.1) is 0 Å². The van der Waals surface area contributed by atoms with Gasteiger partial charge in [0, 0.05) is 17.6 Å². The Morgan fingerprint density at radius 1 is 1.53 bits per heavy atom. The van der Waals surface area contributed by atoms with E-state index in [0.717, 1.165) is 12.0 Å². The number of aromatic nitrogens is 1. The highest BCUT2D eigenvalue weighted by atomic mass is 32.1. The van der Waals surface area contributed by atoms with Gasteiger partial charge in [-0.25, -0.2) is 0 Å². The van der Waals surface area contributed by atoms with Gasteiger partial charge in [-0.2, -0.15) is 12.6 Å². The van der Waals surface area contributed by atoms with Crippen LogP contribution in [0.3, 0.4) is 0 Å². The number of carboxylic acids is 1. The van der Waals surface area contributed by atoms with Gasteiger partial charge in [-0.1, -0.05) is 0 Å². The zero-order valence-corrected chi connectivity index (χ0v) is 9.10. The molecule has 82 valence electrons. The molecule has 0 aromatic carbocycles. The molecule has 0 saturated carbocycles. The molecule has 5 heteroatoms. The second-order valence-corrected chi connectivity index (χ2v) is 3.99. The summed E-state index contributed by atoms with van der Waals surface area (Å²) in [4.78, 5) is 14.5. The highest BCUT2D eigenvalue weighted by Gasteiger charge is 2.20. The Morgan fingerprint density at radius 3 is 2.67 bits per heavy atom. The summed E-state index contributed by atoms with van der Waals surface area (Å²) in [5.74, 6) is -1.01. The number of hydrogen-bond acceptors (Lipinski definition) is 4. The summed E-state index contributed by atoms with van der Waals surface area (Å²) in [6.45, 7) is 0. The summed E-state index contributed by atoms with van der Waals surface area (Å²) in [5, 5.41) is 8.34. The lowest BCUT2D eigenvalue weighted by Crippen LogP contribution is -2.39. The number of nitrogens with two attached hydrogens (primary N) is 1. The third-order valence-electron chi connectivity index (χ3n) is 2.18. The van der Waals surface area contributed by atoms with Crippen molar-refractivity contribution in [3.05, 3.63) is 30.1 Å². The van der Waals surface area contributed by atoms with E-state index < -0.39 is 12.0 Å². The Hall–Kier alpha value is -1.07. The predicted octanol–water partition coefficient (Wildman–Crippen LogP) is 0.724. The Morgan fingerprint density at radius 2 is 2.13 bits per heavy atom. The Bertz CT molecular complexity index is 318. The van der Waals surface area contributed by atoms with Crippen LogP contribution in [0.15, 0.2) is 24.5 Å². The minimum absolute atomic E-state index is 0.323. The summed E-state index contributed by atoms with van der Waals surface area (Å²) in [6.07, 6.45) is 4.82. The Balaban J connectivity index is 2.41. The number of aliphatic carboxylic acids is 1. The second kappa shape index (κ2) is 5.72. The molecule has 0 amide bonds. The van der Waals surface area contributed by atoms with Crippen LogP contribution in [0.1, 0.15) is 12.0 Å². The van der Waals surface area contributed by atoms with Gasteiger partial charge in [-0.05, 0) is 30.5 Å². The fraction of sp³-hybridized carbons (Fsp3) is 0.400. The molecule has 1 heterocycles. The van der Waals surface area contributed by atoms with E-state index in [1.807, 2.05) is 12.1 Å². The van der Waals surface area contributed by atoms with Crippen LogP contribution in [0.25, 0.3) is 0 Å². The summed E-state index contributed by atoms with van der Waals surface area (Å²) in [6, 6.07) is 2.88.